The number of benzene rings is 1. The molecule has 2 nitrogen and oxygen atoms in total. The van der Waals surface area contributed by atoms with Gasteiger partial charge in [0.1, 0.15) is 12.0 Å². The SMILES string of the molecule is Cc1cc(C)c(-c2coc(C)n2)c(C)c1. The van der Waals surface area contributed by atoms with Crippen LogP contribution in [0.5, 0.6) is 0 Å². The van der Waals surface area contributed by atoms with Gasteiger partial charge in [0.2, 0.25) is 0 Å². The molecule has 0 spiro atoms. The lowest BCUT2D eigenvalue weighted by molar-refractivity contribution is 0.521. The third-order valence-corrected chi connectivity index (χ3v) is 2.55. The molecule has 0 aliphatic heterocycles. The normalized spacial score (nSPS) is 10.7. The largest absolute Gasteiger partial charge is 0.449 e. The van der Waals surface area contributed by atoms with Gasteiger partial charge in [-0.15, -0.1) is 0 Å². The van der Waals surface area contributed by atoms with E-state index in [2.05, 4.69) is 37.9 Å². The molecule has 0 unspecified atom stereocenters. The molecule has 1 aromatic carbocycles. The smallest absolute Gasteiger partial charge is 0.191 e. The maximum Gasteiger partial charge on any atom is 0.191 e. The summed E-state index contributed by atoms with van der Waals surface area (Å²) < 4.78 is 5.25. The molecule has 2 aromatic rings. The molecule has 0 N–H and O–H groups in total. The van der Waals surface area contributed by atoms with Crippen molar-refractivity contribution in [1.82, 2.24) is 4.98 Å². The van der Waals surface area contributed by atoms with Crippen molar-refractivity contribution >= 4 is 0 Å². The second-order valence-electron chi connectivity index (χ2n) is 4.03. The standard InChI is InChI=1S/C13H15NO/c1-8-5-9(2)13(10(3)6-8)12-7-15-11(4)14-12/h5-7H,1-4H3. The highest BCUT2D eigenvalue weighted by Gasteiger charge is 2.09. The van der Waals surface area contributed by atoms with Crippen LogP contribution in [0.25, 0.3) is 11.3 Å². The Labute approximate surface area is 90.0 Å². The molecule has 0 aliphatic carbocycles. The molecule has 1 aromatic heterocycles. The number of hydrogen-bond donors (Lipinski definition) is 0. The van der Waals surface area contributed by atoms with E-state index in [1.165, 1.54) is 22.3 Å². The predicted octanol–water partition coefficient (Wildman–Crippen LogP) is 3.58. The maximum absolute atomic E-state index is 5.25. The minimum absolute atomic E-state index is 0.712. The third-order valence-electron chi connectivity index (χ3n) is 2.55. The van der Waals surface area contributed by atoms with Gasteiger partial charge in [-0.05, 0) is 31.9 Å². The van der Waals surface area contributed by atoms with E-state index in [9.17, 15) is 0 Å². The van der Waals surface area contributed by atoms with Gasteiger partial charge in [-0.2, -0.15) is 0 Å². The first kappa shape index (κ1) is 9.97. The molecular weight excluding hydrogens is 186 g/mol. The zero-order valence-electron chi connectivity index (χ0n) is 9.59. The highest BCUT2D eigenvalue weighted by molar-refractivity contribution is 5.67. The summed E-state index contributed by atoms with van der Waals surface area (Å²) in [5.74, 6) is 0.712. The Kier molecular flexibility index (Phi) is 2.35. The zero-order valence-corrected chi connectivity index (χ0v) is 9.59. The molecule has 0 fully saturated rings. The highest BCUT2D eigenvalue weighted by atomic mass is 16.3. The lowest BCUT2D eigenvalue weighted by Crippen LogP contribution is -1.90. The predicted molar refractivity (Wildman–Crippen MR) is 60.9 cm³/mol. The van der Waals surface area contributed by atoms with Gasteiger partial charge >= 0.3 is 0 Å². The second kappa shape index (κ2) is 3.54. The van der Waals surface area contributed by atoms with E-state index in [-0.39, 0.29) is 0 Å². The fourth-order valence-electron chi connectivity index (χ4n) is 2.06. The van der Waals surface area contributed by atoms with E-state index in [0.717, 1.165) is 5.69 Å². The van der Waals surface area contributed by atoms with Gasteiger partial charge in [0.15, 0.2) is 5.89 Å². The molecule has 1 heterocycles. The minimum atomic E-state index is 0.712. The summed E-state index contributed by atoms with van der Waals surface area (Å²) in [6.07, 6.45) is 1.72. The molecule has 0 bridgehead atoms. The molecule has 78 valence electrons. The maximum atomic E-state index is 5.25. The van der Waals surface area contributed by atoms with Crippen molar-refractivity contribution < 1.29 is 4.42 Å². The average molecular weight is 201 g/mol. The number of aromatic nitrogens is 1. The number of aryl methyl sites for hydroxylation is 4. The molecule has 0 aliphatic rings. The van der Waals surface area contributed by atoms with Crippen molar-refractivity contribution in [3.63, 3.8) is 0 Å². The monoisotopic (exact) mass is 201 g/mol. The summed E-state index contributed by atoms with van der Waals surface area (Å²) in [5.41, 5.74) is 5.91. The van der Waals surface area contributed by atoms with Gasteiger partial charge in [-0.25, -0.2) is 4.98 Å². The Morgan fingerprint density at radius 3 is 2.07 bits per heavy atom. The second-order valence-corrected chi connectivity index (χ2v) is 4.03. The number of hydrogen-bond acceptors (Lipinski definition) is 2. The highest BCUT2D eigenvalue weighted by Crippen LogP contribution is 2.27. The van der Waals surface area contributed by atoms with Crippen molar-refractivity contribution in [2.75, 3.05) is 0 Å². The summed E-state index contributed by atoms with van der Waals surface area (Å²) in [4.78, 5) is 4.37. The minimum Gasteiger partial charge on any atom is -0.449 e. The van der Waals surface area contributed by atoms with Gasteiger partial charge < -0.3 is 4.42 Å². The van der Waals surface area contributed by atoms with Gasteiger partial charge in [-0.1, -0.05) is 17.7 Å². The molecule has 2 rings (SSSR count). The van der Waals surface area contributed by atoms with E-state index in [0.29, 0.717) is 5.89 Å². The van der Waals surface area contributed by atoms with Gasteiger partial charge in [0.25, 0.3) is 0 Å². The van der Waals surface area contributed by atoms with Crippen LogP contribution >= 0.6 is 0 Å². The van der Waals surface area contributed by atoms with Crippen molar-refractivity contribution in [2.45, 2.75) is 27.7 Å². The Balaban J connectivity index is 2.62. The number of oxazole rings is 1. The average Bonchev–Trinajstić information content (AvgIpc) is 2.49. The van der Waals surface area contributed by atoms with Crippen LogP contribution in [-0.2, 0) is 0 Å². The lowest BCUT2D eigenvalue weighted by atomic mass is 9.98. The quantitative estimate of drug-likeness (QED) is 0.704. The van der Waals surface area contributed by atoms with Crippen LogP contribution in [-0.4, -0.2) is 4.98 Å². The Bertz CT molecular complexity index is 474. The first-order valence-corrected chi connectivity index (χ1v) is 5.08. The Morgan fingerprint density at radius 2 is 1.60 bits per heavy atom. The van der Waals surface area contributed by atoms with E-state index in [1.54, 1.807) is 6.26 Å². The zero-order chi connectivity index (χ0) is 11.0. The molecule has 0 amide bonds. The van der Waals surface area contributed by atoms with E-state index >= 15 is 0 Å². The van der Waals surface area contributed by atoms with Gasteiger partial charge in [0.05, 0.1) is 0 Å². The molecule has 15 heavy (non-hydrogen) atoms. The lowest BCUT2D eigenvalue weighted by Gasteiger charge is -2.07. The van der Waals surface area contributed by atoms with Crippen molar-refractivity contribution in [3.05, 3.63) is 41.0 Å². The van der Waals surface area contributed by atoms with Crippen LogP contribution in [0.2, 0.25) is 0 Å². The van der Waals surface area contributed by atoms with Crippen LogP contribution in [0, 0.1) is 27.7 Å². The van der Waals surface area contributed by atoms with Crippen molar-refractivity contribution in [1.29, 1.82) is 0 Å². The van der Waals surface area contributed by atoms with Crippen LogP contribution in [0.1, 0.15) is 22.6 Å². The first-order valence-electron chi connectivity index (χ1n) is 5.08. The summed E-state index contributed by atoms with van der Waals surface area (Å²) in [6, 6.07) is 4.35. The van der Waals surface area contributed by atoms with Crippen molar-refractivity contribution in [3.8, 4) is 11.3 Å². The molecule has 0 atom stereocenters. The van der Waals surface area contributed by atoms with Crippen LogP contribution < -0.4 is 0 Å². The summed E-state index contributed by atoms with van der Waals surface area (Å²) in [6.45, 7) is 8.19. The van der Waals surface area contributed by atoms with E-state index < -0.39 is 0 Å². The van der Waals surface area contributed by atoms with Crippen LogP contribution in [0.3, 0.4) is 0 Å². The fraction of sp³-hybridized carbons (Fsp3) is 0.308. The molecule has 0 saturated carbocycles. The fourth-order valence-corrected chi connectivity index (χ4v) is 2.06. The number of nitrogens with zero attached hydrogens (tertiary/aromatic N) is 1. The van der Waals surface area contributed by atoms with Crippen LogP contribution in [0.15, 0.2) is 22.8 Å². The first-order chi connectivity index (χ1) is 7.08. The van der Waals surface area contributed by atoms with Crippen molar-refractivity contribution in [2.24, 2.45) is 0 Å². The molecule has 0 saturated heterocycles. The third kappa shape index (κ3) is 1.80. The number of rotatable bonds is 1. The Hall–Kier alpha value is -1.57. The Morgan fingerprint density at radius 1 is 1.00 bits per heavy atom. The van der Waals surface area contributed by atoms with Crippen LogP contribution in [0.4, 0.5) is 0 Å². The molecular formula is C13H15NO. The summed E-state index contributed by atoms with van der Waals surface area (Å²) in [7, 11) is 0. The summed E-state index contributed by atoms with van der Waals surface area (Å²) in [5, 5.41) is 0. The van der Waals surface area contributed by atoms with Gasteiger partial charge in [-0.3, -0.25) is 0 Å². The van der Waals surface area contributed by atoms with Gasteiger partial charge in [0, 0.05) is 12.5 Å². The summed E-state index contributed by atoms with van der Waals surface area (Å²) >= 11 is 0. The van der Waals surface area contributed by atoms with E-state index in [4.69, 9.17) is 4.42 Å². The molecule has 2 heteroatoms. The molecule has 0 radical (unpaired) electrons. The topological polar surface area (TPSA) is 26.0 Å². The van der Waals surface area contributed by atoms with E-state index in [1.807, 2.05) is 6.92 Å².